The molecule has 0 radical (unpaired) electrons. The highest BCUT2D eigenvalue weighted by Crippen LogP contribution is 2.49. The SMILES string of the molecule is COc1ccc(-n2nc(-c3ccccc3)c3c2N(CC(=O)N2CC(C)OC(C)C2)C(=O)CSC3c2ccc(F)cc2F)cc1. The van der Waals surface area contributed by atoms with E-state index in [0.717, 1.165) is 11.6 Å². The summed E-state index contributed by atoms with van der Waals surface area (Å²) < 4.78 is 42.3. The smallest absolute Gasteiger partial charge is 0.242 e. The first-order chi connectivity index (χ1) is 21.2. The van der Waals surface area contributed by atoms with Gasteiger partial charge in [0.25, 0.3) is 0 Å². The van der Waals surface area contributed by atoms with Crippen LogP contribution in [0.1, 0.15) is 30.2 Å². The second kappa shape index (κ2) is 12.4. The zero-order valence-electron chi connectivity index (χ0n) is 24.6. The maximum absolute atomic E-state index is 15.5. The average Bonchev–Trinajstić information content (AvgIpc) is 3.34. The first-order valence-corrected chi connectivity index (χ1v) is 15.4. The number of anilines is 1. The van der Waals surface area contributed by atoms with E-state index in [1.54, 1.807) is 28.8 Å². The fourth-order valence-corrected chi connectivity index (χ4v) is 7.03. The van der Waals surface area contributed by atoms with Gasteiger partial charge in [-0.25, -0.2) is 13.5 Å². The number of thioether (sulfide) groups is 1. The molecular weight excluding hydrogens is 586 g/mol. The molecule has 4 aromatic rings. The molecule has 0 saturated carbocycles. The van der Waals surface area contributed by atoms with Crippen LogP contribution >= 0.6 is 11.8 Å². The Morgan fingerprint density at radius 2 is 1.73 bits per heavy atom. The van der Waals surface area contributed by atoms with Gasteiger partial charge in [0, 0.05) is 35.8 Å². The molecule has 0 aliphatic carbocycles. The van der Waals surface area contributed by atoms with E-state index in [-0.39, 0.29) is 41.9 Å². The number of amides is 2. The van der Waals surface area contributed by atoms with Gasteiger partial charge in [-0.05, 0) is 44.2 Å². The van der Waals surface area contributed by atoms with Gasteiger partial charge in [0.1, 0.15) is 29.7 Å². The van der Waals surface area contributed by atoms with Gasteiger partial charge in [0.05, 0.1) is 41.7 Å². The molecule has 3 atom stereocenters. The van der Waals surface area contributed by atoms with Gasteiger partial charge in [0.15, 0.2) is 0 Å². The monoisotopic (exact) mass is 618 g/mol. The lowest BCUT2D eigenvalue weighted by molar-refractivity contribution is -0.142. The Hall–Kier alpha value is -4.22. The van der Waals surface area contributed by atoms with Crippen molar-refractivity contribution in [1.29, 1.82) is 0 Å². The van der Waals surface area contributed by atoms with Crippen LogP contribution in [0, 0.1) is 11.6 Å². The minimum atomic E-state index is -0.724. The third kappa shape index (κ3) is 5.81. The van der Waals surface area contributed by atoms with Crippen LogP contribution in [-0.4, -0.2) is 71.2 Å². The van der Waals surface area contributed by atoms with Crippen molar-refractivity contribution in [2.45, 2.75) is 31.3 Å². The Morgan fingerprint density at radius 1 is 1.02 bits per heavy atom. The third-order valence-corrected chi connectivity index (χ3v) is 9.00. The lowest BCUT2D eigenvalue weighted by atomic mass is 9.99. The van der Waals surface area contributed by atoms with E-state index in [1.807, 2.05) is 56.3 Å². The quantitative estimate of drug-likeness (QED) is 0.279. The first kappa shape index (κ1) is 29.8. The van der Waals surface area contributed by atoms with Crippen molar-refractivity contribution in [3.05, 3.63) is 95.6 Å². The molecule has 8 nitrogen and oxygen atoms in total. The van der Waals surface area contributed by atoms with Crippen LogP contribution in [-0.2, 0) is 14.3 Å². The maximum Gasteiger partial charge on any atom is 0.242 e. The second-order valence-corrected chi connectivity index (χ2v) is 12.0. The van der Waals surface area contributed by atoms with Gasteiger partial charge in [-0.1, -0.05) is 36.4 Å². The molecule has 2 aliphatic heterocycles. The summed E-state index contributed by atoms with van der Waals surface area (Å²) in [6.07, 6.45) is -0.289. The van der Waals surface area contributed by atoms with Crippen LogP contribution in [0.25, 0.3) is 16.9 Å². The number of morpholine rings is 1. The van der Waals surface area contributed by atoms with Crippen LogP contribution in [0.5, 0.6) is 5.75 Å². The summed E-state index contributed by atoms with van der Waals surface area (Å²) in [5.74, 6) is -1.01. The average molecular weight is 619 g/mol. The van der Waals surface area contributed by atoms with Crippen LogP contribution in [0.3, 0.4) is 0 Å². The van der Waals surface area contributed by atoms with E-state index < -0.39 is 16.9 Å². The topological polar surface area (TPSA) is 76.9 Å². The molecule has 0 bridgehead atoms. The van der Waals surface area contributed by atoms with E-state index in [9.17, 15) is 14.0 Å². The summed E-state index contributed by atoms with van der Waals surface area (Å²) in [5.41, 5.74) is 2.68. The van der Waals surface area contributed by atoms with Crippen molar-refractivity contribution < 1.29 is 27.8 Å². The molecule has 0 N–H and O–H groups in total. The summed E-state index contributed by atoms with van der Waals surface area (Å²) in [6.45, 7) is 4.40. The van der Waals surface area contributed by atoms with Crippen LogP contribution in [0.4, 0.5) is 14.6 Å². The summed E-state index contributed by atoms with van der Waals surface area (Å²) in [5, 5.41) is 4.29. The fourth-order valence-electron chi connectivity index (χ4n) is 5.81. The molecule has 1 fully saturated rings. The minimum absolute atomic E-state index is 0.0315. The minimum Gasteiger partial charge on any atom is -0.497 e. The number of carbonyl (C=O) groups excluding carboxylic acids is 2. The predicted molar refractivity (Wildman–Crippen MR) is 165 cm³/mol. The van der Waals surface area contributed by atoms with Crippen molar-refractivity contribution in [2.24, 2.45) is 0 Å². The molecule has 3 unspecified atom stereocenters. The Bertz CT molecular complexity index is 1670. The molecular formula is C33H32F2N4O4S. The third-order valence-electron chi connectivity index (χ3n) is 7.76. The Labute approximate surface area is 258 Å². The summed E-state index contributed by atoms with van der Waals surface area (Å²) in [6, 6.07) is 20.1. The molecule has 3 aromatic carbocycles. The van der Waals surface area contributed by atoms with Crippen molar-refractivity contribution in [3.63, 3.8) is 0 Å². The number of methoxy groups -OCH3 is 1. The van der Waals surface area contributed by atoms with E-state index in [1.165, 1.54) is 28.8 Å². The lowest BCUT2D eigenvalue weighted by Crippen LogP contribution is -2.52. The van der Waals surface area contributed by atoms with Gasteiger partial charge in [-0.3, -0.25) is 14.5 Å². The van der Waals surface area contributed by atoms with Gasteiger partial charge in [0.2, 0.25) is 11.8 Å². The van der Waals surface area contributed by atoms with E-state index in [0.29, 0.717) is 41.6 Å². The summed E-state index contributed by atoms with van der Waals surface area (Å²) in [4.78, 5) is 30.9. The molecule has 2 aliphatic rings. The summed E-state index contributed by atoms with van der Waals surface area (Å²) in [7, 11) is 1.57. The highest BCUT2D eigenvalue weighted by atomic mass is 32.2. The largest absolute Gasteiger partial charge is 0.497 e. The summed E-state index contributed by atoms with van der Waals surface area (Å²) >= 11 is 1.23. The zero-order valence-corrected chi connectivity index (χ0v) is 25.4. The lowest BCUT2D eigenvalue weighted by Gasteiger charge is -2.36. The Kier molecular flexibility index (Phi) is 8.42. The van der Waals surface area contributed by atoms with Gasteiger partial charge >= 0.3 is 0 Å². The number of benzene rings is 3. The van der Waals surface area contributed by atoms with Crippen LogP contribution in [0.15, 0.2) is 72.8 Å². The molecule has 1 aromatic heterocycles. The van der Waals surface area contributed by atoms with Crippen LogP contribution in [0.2, 0.25) is 0 Å². The molecule has 228 valence electrons. The molecule has 3 heterocycles. The first-order valence-electron chi connectivity index (χ1n) is 14.4. The molecule has 0 spiro atoms. The Morgan fingerprint density at radius 3 is 2.39 bits per heavy atom. The van der Waals surface area contributed by atoms with E-state index in [2.05, 4.69) is 0 Å². The van der Waals surface area contributed by atoms with Crippen molar-refractivity contribution in [1.82, 2.24) is 14.7 Å². The van der Waals surface area contributed by atoms with Crippen molar-refractivity contribution in [2.75, 3.05) is 37.4 Å². The second-order valence-electron chi connectivity index (χ2n) is 11.0. The van der Waals surface area contributed by atoms with E-state index >= 15 is 4.39 Å². The fraction of sp³-hybridized carbons (Fsp3) is 0.303. The molecule has 44 heavy (non-hydrogen) atoms. The normalized spacial score (nSPS) is 20.3. The predicted octanol–water partition coefficient (Wildman–Crippen LogP) is 5.63. The molecule has 2 amide bonds. The number of rotatable bonds is 6. The zero-order chi connectivity index (χ0) is 31.0. The van der Waals surface area contributed by atoms with Crippen molar-refractivity contribution >= 4 is 29.4 Å². The number of carbonyl (C=O) groups is 2. The highest BCUT2D eigenvalue weighted by Gasteiger charge is 2.39. The molecule has 11 heteroatoms. The standard InChI is InChI=1S/C33H32F2N4O4S/c1-20-16-37(17-21(2)43-20)28(40)18-38-29(41)19-44-32(26-14-9-23(34)15-27(26)35)30-31(22-7-5-4-6-8-22)36-39(33(30)38)24-10-12-25(42-3)13-11-24/h4-15,20-21,32H,16-19H2,1-3H3. The van der Waals surface area contributed by atoms with E-state index in [4.69, 9.17) is 14.6 Å². The highest BCUT2D eigenvalue weighted by molar-refractivity contribution is 8.00. The van der Waals surface area contributed by atoms with Gasteiger partial charge in [-0.15, -0.1) is 11.8 Å². The van der Waals surface area contributed by atoms with Crippen LogP contribution < -0.4 is 9.64 Å². The number of fused-ring (bicyclic) bond motifs is 1. The number of hydrogen-bond donors (Lipinski definition) is 0. The number of aromatic nitrogens is 2. The molecule has 6 rings (SSSR count). The van der Waals surface area contributed by atoms with Gasteiger partial charge in [-0.2, -0.15) is 5.10 Å². The number of halogens is 2. The number of ether oxygens (including phenoxy) is 2. The van der Waals surface area contributed by atoms with Gasteiger partial charge < -0.3 is 14.4 Å². The molecule has 1 saturated heterocycles. The number of hydrogen-bond acceptors (Lipinski definition) is 6. The number of nitrogens with zero attached hydrogens (tertiary/aromatic N) is 4. The Balaban J connectivity index is 1.57. The van der Waals surface area contributed by atoms with Crippen molar-refractivity contribution in [3.8, 4) is 22.7 Å². The maximum atomic E-state index is 15.5.